The summed E-state index contributed by atoms with van der Waals surface area (Å²) in [7, 11) is -4.25. The lowest BCUT2D eigenvalue weighted by atomic mass is 10.0. The van der Waals surface area contributed by atoms with Crippen LogP contribution in [0.5, 0.6) is 0 Å². The molecule has 316 valence electrons. The molecule has 3 rings (SSSR count). The second-order valence-corrected chi connectivity index (χ2v) is 16.2. The number of unbranched alkanes of at least 4 members (excludes halogenated alkanes) is 14. The van der Waals surface area contributed by atoms with Crippen molar-refractivity contribution < 1.29 is 41.9 Å². The maximum Gasteiger partial charge on any atom is 0.475 e. The van der Waals surface area contributed by atoms with Crippen LogP contribution >= 0.6 is 7.82 Å². The molecular formula is C46H68NO9P. The van der Waals surface area contributed by atoms with E-state index >= 15 is 0 Å². The minimum Gasteiger partial charge on any atom is -0.459 e. The summed E-state index contributed by atoms with van der Waals surface area (Å²) in [6.45, 7) is 5.03. The Kier molecular flexibility index (Phi) is 25.6. The molecule has 0 fully saturated rings. The van der Waals surface area contributed by atoms with Crippen molar-refractivity contribution in [3.8, 4) is 0 Å². The summed E-state index contributed by atoms with van der Waals surface area (Å²) in [5.41, 5.74) is 2.29. The Labute approximate surface area is 342 Å². The van der Waals surface area contributed by atoms with Gasteiger partial charge in [0.15, 0.2) is 6.04 Å². The Morgan fingerprint density at radius 3 is 1.47 bits per heavy atom. The highest BCUT2D eigenvalue weighted by Gasteiger charge is 2.37. The van der Waals surface area contributed by atoms with Crippen LogP contribution in [-0.2, 0) is 57.0 Å². The maximum atomic E-state index is 14.1. The molecule has 1 N–H and O–H groups in total. The average Bonchev–Trinajstić information content (AvgIpc) is 3.23. The van der Waals surface area contributed by atoms with Crippen LogP contribution in [0.1, 0.15) is 133 Å². The van der Waals surface area contributed by atoms with E-state index in [-0.39, 0.29) is 26.4 Å². The number of hydrogen-bond donors (Lipinski definition) is 1. The number of benzene rings is 3. The summed E-state index contributed by atoms with van der Waals surface area (Å²) in [5, 5.41) is 2.54. The molecule has 1 unspecified atom stereocenters. The SMILES string of the molecule is CCCCCCCCCCCCCCCCOCCCCOP(=O)(OCc1ccccc1)O[C@H](C)[C@H](NC(=O)OCc1ccccc1)C(=O)OCc1ccccc1. The Bertz CT molecular complexity index is 1500. The topological polar surface area (TPSA) is 119 Å². The molecule has 0 saturated heterocycles. The van der Waals surface area contributed by atoms with Crippen molar-refractivity contribution in [3.63, 3.8) is 0 Å². The monoisotopic (exact) mass is 809 g/mol. The fourth-order valence-corrected chi connectivity index (χ4v) is 7.54. The van der Waals surface area contributed by atoms with Gasteiger partial charge in [0.1, 0.15) is 13.2 Å². The fraction of sp³-hybridized carbons (Fsp3) is 0.565. The number of carbonyl (C=O) groups is 2. The van der Waals surface area contributed by atoms with Gasteiger partial charge in [0, 0.05) is 13.2 Å². The van der Waals surface area contributed by atoms with Crippen molar-refractivity contribution in [2.75, 3.05) is 19.8 Å². The number of nitrogens with one attached hydrogen (secondary N) is 1. The zero-order valence-corrected chi connectivity index (χ0v) is 35.4. The van der Waals surface area contributed by atoms with Gasteiger partial charge in [-0.3, -0.25) is 13.6 Å². The molecule has 0 aromatic heterocycles. The third-order valence-corrected chi connectivity index (χ3v) is 11.1. The van der Waals surface area contributed by atoms with E-state index in [0.29, 0.717) is 19.4 Å². The number of phosphoric ester groups is 1. The first kappa shape index (κ1) is 47.8. The van der Waals surface area contributed by atoms with Gasteiger partial charge in [-0.05, 0) is 42.9 Å². The van der Waals surface area contributed by atoms with Crippen molar-refractivity contribution in [1.29, 1.82) is 0 Å². The zero-order valence-electron chi connectivity index (χ0n) is 34.5. The van der Waals surface area contributed by atoms with E-state index in [2.05, 4.69) is 12.2 Å². The quantitative estimate of drug-likeness (QED) is 0.0364. The first-order valence-electron chi connectivity index (χ1n) is 21.3. The maximum absolute atomic E-state index is 14.1. The van der Waals surface area contributed by atoms with Crippen molar-refractivity contribution >= 4 is 19.9 Å². The first-order chi connectivity index (χ1) is 27.9. The molecule has 0 aliphatic carbocycles. The second-order valence-electron chi connectivity index (χ2n) is 14.5. The number of amides is 1. The van der Waals surface area contributed by atoms with Crippen LogP contribution in [-0.4, -0.2) is 44.0 Å². The van der Waals surface area contributed by atoms with Crippen LogP contribution in [0.4, 0.5) is 4.79 Å². The summed E-state index contributed by atoms with van der Waals surface area (Å²) in [5.74, 6) is -0.798. The lowest BCUT2D eigenvalue weighted by Gasteiger charge is -2.27. The number of rotatable bonds is 33. The van der Waals surface area contributed by atoms with Crippen molar-refractivity contribution in [3.05, 3.63) is 108 Å². The minimum atomic E-state index is -4.25. The molecule has 1 amide bonds. The fourth-order valence-electron chi connectivity index (χ4n) is 6.15. The van der Waals surface area contributed by atoms with Gasteiger partial charge < -0.3 is 19.5 Å². The summed E-state index contributed by atoms with van der Waals surface area (Å²) in [6, 6.07) is 26.1. The van der Waals surface area contributed by atoms with Gasteiger partial charge in [-0.25, -0.2) is 14.2 Å². The Morgan fingerprint density at radius 2 is 0.965 bits per heavy atom. The van der Waals surface area contributed by atoms with E-state index in [9.17, 15) is 14.2 Å². The summed E-state index contributed by atoms with van der Waals surface area (Å²) in [4.78, 5) is 26.3. The molecule has 3 atom stereocenters. The largest absolute Gasteiger partial charge is 0.475 e. The molecule has 0 aliphatic heterocycles. The molecule has 0 saturated carbocycles. The van der Waals surface area contributed by atoms with Crippen LogP contribution in [0.25, 0.3) is 0 Å². The molecule has 3 aromatic carbocycles. The zero-order chi connectivity index (χ0) is 40.7. The second kappa shape index (κ2) is 30.5. The van der Waals surface area contributed by atoms with Gasteiger partial charge in [0.2, 0.25) is 0 Å². The van der Waals surface area contributed by atoms with E-state index < -0.39 is 32.0 Å². The number of hydrogen-bond acceptors (Lipinski definition) is 9. The summed E-state index contributed by atoms with van der Waals surface area (Å²) in [6.07, 6.45) is 17.7. The van der Waals surface area contributed by atoms with Gasteiger partial charge in [0.25, 0.3) is 0 Å². The molecule has 0 bridgehead atoms. The van der Waals surface area contributed by atoms with Crippen molar-refractivity contribution in [1.82, 2.24) is 5.32 Å². The molecule has 57 heavy (non-hydrogen) atoms. The van der Waals surface area contributed by atoms with Crippen LogP contribution in [0.2, 0.25) is 0 Å². The van der Waals surface area contributed by atoms with E-state index in [0.717, 1.165) is 29.7 Å². The highest BCUT2D eigenvalue weighted by atomic mass is 31.2. The Hall–Kier alpha value is -3.53. The molecule has 0 spiro atoms. The first-order valence-corrected chi connectivity index (χ1v) is 22.7. The number of phosphoric acid groups is 1. The molecule has 0 heterocycles. The lowest BCUT2D eigenvalue weighted by molar-refractivity contribution is -0.150. The number of esters is 1. The van der Waals surface area contributed by atoms with Crippen LogP contribution < -0.4 is 5.32 Å². The minimum absolute atomic E-state index is 0.0152. The van der Waals surface area contributed by atoms with Gasteiger partial charge in [-0.1, -0.05) is 181 Å². The summed E-state index contributed by atoms with van der Waals surface area (Å²) >= 11 is 0. The molecular weight excluding hydrogens is 741 g/mol. The van der Waals surface area contributed by atoms with Crippen molar-refractivity contribution in [2.24, 2.45) is 0 Å². The number of ether oxygens (including phenoxy) is 3. The third-order valence-electron chi connectivity index (χ3n) is 9.54. The van der Waals surface area contributed by atoms with Crippen LogP contribution in [0, 0.1) is 0 Å². The smallest absolute Gasteiger partial charge is 0.459 e. The number of alkyl carbamates (subject to hydrolysis) is 1. The van der Waals surface area contributed by atoms with E-state index in [4.69, 9.17) is 27.8 Å². The molecule has 0 aliphatic rings. The molecule has 10 nitrogen and oxygen atoms in total. The number of carbonyl (C=O) groups excluding carboxylic acids is 2. The van der Waals surface area contributed by atoms with Gasteiger partial charge in [0.05, 0.1) is 19.3 Å². The average molecular weight is 810 g/mol. The third kappa shape index (κ3) is 22.9. The Morgan fingerprint density at radius 1 is 0.544 bits per heavy atom. The molecule has 11 heteroatoms. The van der Waals surface area contributed by atoms with Gasteiger partial charge in [-0.2, -0.15) is 0 Å². The van der Waals surface area contributed by atoms with Gasteiger partial charge in [-0.15, -0.1) is 0 Å². The van der Waals surface area contributed by atoms with E-state index in [1.807, 2.05) is 91.0 Å². The highest BCUT2D eigenvalue weighted by Crippen LogP contribution is 2.52. The highest BCUT2D eigenvalue weighted by molar-refractivity contribution is 7.48. The lowest BCUT2D eigenvalue weighted by Crippen LogP contribution is -2.49. The van der Waals surface area contributed by atoms with Gasteiger partial charge >= 0.3 is 19.9 Å². The predicted octanol–water partition coefficient (Wildman–Crippen LogP) is 12.0. The van der Waals surface area contributed by atoms with E-state index in [1.165, 1.54) is 90.4 Å². The molecule has 0 radical (unpaired) electrons. The van der Waals surface area contributed by atoms with Crippen LogP contribution in [0.15, 0.2) is 91.0 Å². The molecule has 3 aromatic rings. The van der Waals surface area contributed by atoms with Crippen LogP contribution in [0.3, 0.4) is 0 Å². The summed E-state index contributed by atoms with van der Waals surface area (Å²) < 4.78 is 48.3. The normalized spacial score (nSPS) is 13.4. The standard InChI is InChI=1S/C46H68NO9P/c1-3-4-5-6-7-8-9-10-11-12-13-14-15-25-34-51-35-26-27-36-54-57(50,55-39-43-32-23-18-24-33-43)56-40(2)44(45(48)52-37-41-28-19-16-20-29-41)47-46(49)53-38-42-30-21-17-22-31-42/h16-24,28-33,40,44H,3-15,25-27,34-39H2,1-2H3,(H,47,49)/t40-,44+,57?/m1/s1. The van der Waals surface area contributed by atoms with E-state index in [1.54, 1.807) is 0 Å². The predicted molar refractivity (Wildman–Crippen MR) is 225 cm³/mol. The van der Waals surface area contributed by atoms with Crippen molar-refractivity contribution in [2.45, 2.75) is 149 Å². The Balaban J connectivity index is 1.43.